The lowest BCUT2D eigenvalue weighted by atomic mass is 9.85. The largest absolute Gasteiger partial charge is 0.391 e. The normalized spacial score (nSPS) is 17.9. The van der Waals surface area contributed by atoms with Gasteiger partial charge < -0.3 is 21.1 Å². The molecule has 0 saturated carbocycles. The molecule has 1 aliphatic rings. The zero-order valence-corrected chi connectivity index (χ0v) is 25.8. The van der Waals surface area contributed by atoms with E-state index in [1.165, 1.54) is 4.90 Å². The molecular formula is C35H40N6O4. The first-order valence-corrected chi connectivity index (χ1v) is 15.2. The third kappa shape index (κ3) is 7.64. The molecular weight excluding hydrogens is 568 g/mol. The van der Waals surface area contributed by atoms with Crippen molar-refractivity contribution in [1.82, 2.24) is 25.2 Å². The molecule has 1 saturated heterocycles. The Balaban J connectivity index is 1.30. The number of carbonyl (C=O) groups is 3. The second-order valence-corrected chi connectivity index (χ2v) is 12.7. The number of aliphatic hydroxyl groups is 1. The maximum absolute atomic E-state index is 14.1. The van der Waals surface area contributed by atoms with Gasteiger partial charge in [0.2, 0.25) is 17.7 Å². The molecule has 3 amide bonds. The van der Waals surface area contributed by atoms with E-state index in [1.54, 1.807) is 10.9 Å². The van der Waals surface area contributed by atoms with Crippen LogP contribution in [0.1, 0.15) is 50.1 Å². The van der Waals surface area contributed by atoms with Crippen molar-refractivity contribution < 1.29 is 19.5 Å². The highest BCUT2D eigenvalue weighted by atomic mass is 16.3. The molecule has 0 aliphatic carbocycles. The van der Waals surface area contributed by atoms with E-state index in [0.717, 1.165) is 22.3 Å². The molecule has 0 radical (unpaired) electrons. The summed E-state index contributed by atoms with van der Waals surface area (Å²) in [6.45, 7) is 5.74. The Kier molecular flexibility index (Phi) is 9.43. The predicted molar refractivity (Wildman–Crippen MR) is 171 cm³/mol. The highest BCUT2D eigenvalue weighted by Gasteiger charge is 2.45. The summed E-state index contributed by atoms with van der Waals surface area (Å²) < 4.78 is 1.55. The zero-order chi connectivity index (χ0) is 32.1. The van der Waals surface area contributed by atoms with Gasteiger partial charge in [-0.15, -0.1) is 5.10 Å². The lowest BCUT2D eigenvalue weighted by Crippen LogP contribution is -2.54. The molecule has 10 nitrogen and oxygen atoms in total. The van der Waals surface area contributed by atoms with Crippen molar-refractivity contribution in [2.75, 3.05) is 6.54 Å². The van der Waals surface area contributed by atoms with Crippen molar-refractivity contribution in [2.45, 2.75) is 64.3 Å². The van der Waals surface area contributed by atoms with Gasteiger partial charge in [0.1, 0.15) is 18.1 Å². The summed E-state index contributed by atoms with van der Waals surface area (Å²) >= 11 is 0. The van der Waals surface area contributed by atoms with Gasteiger partial charge in [-0.2, -0.15) is 0 Å². The highest BCUT2D eigenvalue weighted by Crippen LogP contribution is 2.34. The minimum absolute atomic E-state index is 0.0166. The van der Waals surface area contributed by atoms with Crippen molar-refractivity contribution in [3.63, 3.8) is 0 Å². The van der Waals surface area contributed by atoms with E-state index in [-0.39, 0.29) is 25.3 Å². The Bertz CT molecular complexity index is 1620. The number of hydrogen-bond acceptors (Lipinski definition) is 6. The smallest absolute Gasteiger partial charge is 0.248 e. The fraction of sp³-hybridized carbons (Fsp3) is 0.343. The van der Waals surface area contributed by atoms with Crippen LogP contribution >= 0.6 is 0 Å². The van der Waals surface area contributed by atoms with Crippen LogP contribution in [0.4, 0.5) is 0 Å². The number of benzene rings is 3. The van der Waals surface area contributed by atoms with Crippen molar-refractivity contribution in [2.24, 2.45) is 11.1 Å². The van der Waals surface area contributed by atoms with Crippen LogP contribution in [-0.4, -0.2) is 67.5 Å². The van der Waals surface area contributed by atoms with Crippen LogP contribution in [0.5, 0.6) is 0 Å². The fourth-order valence-corrected chi connectivity index (χ4v) is 5.86. The van der Waals surface area contributed by atoms with E-state index in [1.807, 2.05) is 106 Å². The number of rotatable bonds is 10. The van der Waals surface area contributed by atoms with Crippen LogP contribution in [0.15, 0.2) is 91.1 Å². The number of amides is 3. The van der Waals surface area contributed by atoms with Crippen LogP contribution in [-0.2, 0) is 27.2 Å². The lowest BCUT2D eigenvalue weighted by Gasteiger charge is -2.34. The quantitative estimate of drug-likeness (QED) is 0.252. The lowest BCUT2D eigenvalue weighted by molar-refractivity contribution is -0.144. The summed E-state index contributed by atoms with van der Waals surface area (Å²) in [6, 6.07) is 24.7. The number of likely N-dealkylation sites (tertiary alicyclic amines) is 1. The fourth-order valence-electron chi connectivity index (χ4n) is 5.86. The Morgan fingerprint density at radius 3 is 2.18 bits per heavy atom. The number of nitrogens with one attached hydrogen (secondary N) is 1. The molecule has 4 atom stereocenters. The number of primary amides is 1. The maximum Gasteiger partial charge on any atom is 0.248 e. The minimum atomic E-state index is -0.996. The van der Waals surface area contributed by atoms with Gasteiger partial charge >= 0.3 is 0 Å². The second kappa shape index (κ2) is 13.4. The molecule has 0 spiro atoms. The molecule has 1 fully saturated rings. The summed E-state index contributed by atoms with van der Waals surface area (Å²) in [6.07, 6.45) is 1.65. The van der Waals surface area contributed by atoms with Crippen LogP contribution < -0.4 is 11.1 Å². The third-order valence-corrected chi connectivity index (χ3v) is 8.13. The van der Waals surface area contributed by atoms with Crippen LogP contribution in [0.3, 0.4) is 0 Å². The number of carbonyl (C=O) groups excluding carboxylic acids is 3. The molecule has 5 rings (SSSR count). The Labute approximate surface area is 263 Å². The first-order chi connectivity index (χ1) is 21.5. The van der Waals surface area contributed by atoms with Gasteiger partial charge in [0, 0.05) is 32.0 Å². The standard InChI is InChI=1S/C35H40N6O4/c1-35(2,3)31(41-21-27(38-39-41)18-23-10-6-4-7-11-23)34(45)40-22-28(42)20-30(40)33(44)37-29(32(36)43)19-24-14-16-26(17-15-24)25-12-8-5-9-13-25/h4-17,21,28-31,42H,18-20,22H2,1-3H3,(H2,36,43)(H,37,44)/t28-,29-,30+,31-/m1/s1. The van der Waals surface area contributed by atoms with E-state index < -0.39 is 41.5 Å². The topological polar surface area (TPSA) is 143 Å². The van der Waals surface area contributed by atoms with Crippen molar-refractivity contribution in [1.29, 1.82) is 0 Å². The molecule has 3 aromatic carbocycles. The molecule has 234 valence electrons. The van der Waals surface area contributed by atoms with Crippen molar-refractivity contribution in [3.8, 4) is 11.1 Å². The number of nitrogens with zero attached hydrogens (tertiary/aromatic N) is 4. The van der Waals surface area contributed by atoms with E-state index in [0.29, 0.717) is 12.1 Å². The van der Waals surface area contributed by atoms with Crippen LogP contribution in [0, 0.1) is 5.41 Å². The molecule has 1 aromatic heterocycles. The monoisotopic (exact) mass is 608 g/mol. The molecule has 45 heavy (non-hydrogen) atoms. The van der Waals surface area contributed by atoms with E-state index in [2.05, 4.69) is 15.6 Å². The first kappa shape index (κ1) is 31.6. The summed E-state index contributed by atoms with van der Waals surface area (Å²) in [5.74, 6) is -1.59. The summed E-state index contributed by atoms with van der Waals surface area (Å²) in [5, 5.41) is 22.0. The van der Waals surface area contributed by atoms with Gasteiger partial charge in [0.15, 0.2) is 0 Å². The number of hydrogen-bond donors (Lipinski definition) is 3. The third-order valence-electron chi connectivity index (χ3n) is 8.13. The van der Waals surface area contributed by atoms with Crippen molar-refractivity contribution >= 4 is 17.7 Å². The molecule has 4 N–H and O–H groups in total. The molecule has 1 aliphatic heterocycles. The zero-order valence-electron chi connectivity index (χ0n) is 25.8. The Hall–Kier alpha value is -4.83. The highest BCUT2D eigenvalue weighted by molar-refractivity contribution is 5.93. The Morgan fingerprint density at radius 2 is 1.56 bits per heavy atom. The molecule has 4 aromatic rings. The second-order valence-electron chi connectivity index (χ2n) is 12.7. The average molecular weight is 609 g/mol. The molecule has 10 heteroatoms. The van der Waals surface area contributed by atoms with Crippen molar-refractivity contribution in [3.05, 3.63) is 108 Å². The van der Waals surface area contributed by atoms with Gasteiger partial charge in [0.05, 0.1) is 11.8 Å². The van der Waals surface area contributed by atoms with Gasteiger partial charge in [-0.05, 0) is 27.7 Å². The number of aromatic nitrogens is 3. The summed E-state index contributed by atoms with van der Waals surface area (Å²) in [7, 11) is 0. The maximum atomic E-state index is 14.1. The molecule has 0 bridgehead atoms. The van der Waals surface area contributed by atoms with Gasteiger partial charge in [-0.3, -0.25) is 14.4 Å². The average Bonchev–Trinajstić information content (AvgIpc) is 3.63. The molecule has 2 heterocycles. The van der Waals surface area contributed by atoms with Crippen LogP contribution in [0.25, 0.3) is 11.1 Å². The van der Waals surface area contributed by atoms with E-state index in [4.69, 9.17) is 5.73 Å². The van der Waals surface area contributed by atoms with Gasteiger partial charge in [0.25, 0.3) is 0 Å². The summed E-state index contributed by atoms with van der Waals surface area (Å²) in [4.78, 5) is 41.6. The number of aliphatic hydroxyl groups excluding tert-OH is 1. The van der Waals surface area contributed by atoms with E-state index in [9.17, 15) is 19.5 Å². The van der Waals surface area contributed by atoms with E-state index >= 15 is 0 Å². The predicted octanol–water partition coefficient (Wildman–Crippen LogP) is 3.30. The van der Waals surface area contributed by atoms with Gasteiger partial charge in [-0.1, -0.05) is 111 Å². The number of nitrogens with two attached hydrogens (primary N) is 1. The minimum Gasteiger partial charge on any atom is -0.391 e. The Morgan fingerprint density at radius 1 is 0.933 bits per heavy atom. The SMILES string of the molecule is CC(C)(C)[C@@H](C(=O)N1C[C@H](O)C[C@H]1C(=O)N[C@H](Cc1ccc(-c2ccccc2)cc1)C(N)=O)n1cc(Cc2ccccc2)nn1. The number of β-amino-alcohol motifs (C(OH)–C–C–N with tert-alkyl or cyclic N) is 1. The molecule has 0 unspecified atom stereocenters. The van der Waals surface area contributed by atoms with Crippen LogP contribution in [0.2, 0.25) is 0 Å². The van der Waals surface area contributed by atoms with Gasteiger partial charge in [-0.25, -0.2) is 4.68 Å². The summed E-state index contributed by atoms with van der Waals surface area (Å²) in [5.41, 5.74) is 9.82. The first-order valence-electron chi connectivity index (χ1n) is 15.2.